The predicted octanol–water partition coefficient (Wildman–Crippen LogP) is 4.06. The number of amides is 3. The van der Waals surface area contributed by atoms with E-state index in [0.29, 0.717) is 23.3 Å². The molecule has 210 valence electrons. The van der Waals surface area contributed by atoms with Gasteiger partial charge in [-0.1, -0.05) is 44.9 Å². The van der Waals surface area contributed by atoms with Gasteiger partial charge in [0.25, 0.3) is 0 Å². The lowest BCUT2D eigenvalue weighted by Gasteiger charge is -2.40. The average molecular weight is 536 g/mol. The number of rotatable bonds is 6. The molecule has 8 heteroatoms. The van der Waals surface area contributed by atoms with Crippen LogP contribution in [0.25, 0.3) is 0 Å². The Bertz CT molecular complexity index is 1160. The second-order valence-corrected chi connectivity index (χ2v) is 12.5. The van der Waals surface area contributed by atoms with Crippen LogP contribution in [0.15, 0.2) is 36.4 Å². The third-order valence-electron chi connectivity index (χ3n) is 10.0. The molecule has 4 fully saturated rings. The van der Waals surface area contributed by atoms with E-state index in [9.17, 15) is 14.4 Å². The number of methoxy groups -OCH3 is 1. The molecule has 2 saturated heterocycles. The van der Waals surface area contributed by atoms with Crippen LogP contribution in [-0.4, -0.2) is 59.6 Å². The van der Waals surface area contributed by atoms with Gasteiger partial charge >= 0.3 is 0 Å². The molecule has 3 aliphatic heterocycles. The molecule has 2 saturated carbocycles. The minimum absolute atomic E-state index is 0.0219. The first-order valence-corrected chi connectivity index (χ1v) is 14.8. The quantitative estimate of drug-likeness (QED) is 0.536. The van der Waals surface area contributed by atoms with Gasteiger partial charge in [0.05, 0.1) is 25.0 Å². The number of ether oxygens (including phenoxy) is 2. The van der Waals surface area contributed by atoms with Gasteiger partial charge in [-0.15, -0.1) is 0 Å². The molecule has 7 atom stereocenters. The van der Waals surface area contributed by atoms with Gasteiger partial charge in [-0.2, -0.15) is 0 Å². The zero-order chi connectivity index (χ0) is 27.3. The molecule has 2 bridgehead atoms. The highest BCUT2D eigenvalue weighted by atomic mass is 16.5. The number of carbonyl (C=O) groups excluding carboxylic acids is 3. The monoisotopic (exact) mass is 535 g/mol. The van der Waals surface area contributed by atoms with E-state index in [1.54, 1.807) is 19.2 Å². The van der Waals surface area contributed by atoms with E-state index in [1.807, 2.05) is 29.2 Å². The molecular formula is C31H41N3O5. The second kappa shape index (κ2) is 10.3. The van der Waals surface area contributed by atoms with Crippen LogP contribution in [0, 0.1) is 23.7 Å². The maximum absolute atomic E-state index is 14.3. The number of likely N-dealkylation sites (tertiary alicyclic amines) is 1. The van der Waals surface area contributed by atoms with Crippen molar-refractivity contribution in [1.29, 1.82) is 0 Å². The number of benzene rings is 1. The molecule has 1 aromatic carbocycles. The van der Waals surface area contributed by atoms with Crippen molar-refractivity contribution in [3.8, 4) is 5.75 Å². The fourth-order valence-corrected chi connectivity index (χ4v) is 7.84. The van der Waals surface area contributed by atoms with Crippen molar-refractivity contribution < 1.29 is 23.9 Å². The maximum Gasteiger partial charge on any atom is 0.246 e. The predicted molar refractivity (Wildman–Crippen MR) is 147 cm³/mol. The molecule has 2 aliphatic carbocycles. The van der Waals surface area contributed by atoms with Gasteiger partial charge < -0.3 is 25.0 Å². The Morgan fingerprint density at radius 1 is 1.05 bits per heavy atom. The Labute approximate surface area is 230 Å². The SMILES string of the molecule is COc1cccc(NC(=O)[C@H]2[C@H]3C=C[C@@]4(O3)[C@H]2C(=O)N(C2CCC(C)CC2)[C@@H]4C(=O)N[C@@H]2CCCC[C@@H]2C)c1. The van der Waals surface area contributed by atoms with Crippen LogP contribution in [-0.2, 0) is 19.1 Å². The molecule has 1 spiro atoms. The van der Waals surface area contributed by atoms with Gasteiger partial charge in [0.2, 0.25) is 17.7 Å². The number of nitrogens with zero attached hydrogens (tertiary/aromatic N) is 1. The lowest BCUT2D eigenvalue weighted by molar-refractivity contribution is -0.145. The Morgan fingerprint density at radius 3 is 2.56 bits per heavy atom. The number of nitrogens with one attached hydrogen (secondary N) is 2. The van der Waals surface area contributed by atoms with Gasteiger partial charge in [0, 0.05) is 23.8 Å². The molecular weight excluding hydrogens is 494 g/mol. The Kier molecular flexibility index (Phi) is 6.94. The van der Waals surface area contributed by atoms with Crippen LogP contribution in [0.5, 0.6) is 5.75 Å². The number of hydrogen-bond acceptors (Lipinski definition) is 5. The summed E-state index contributed by atoms with van der Waals surface area (Å²) < 4.78 is 11.8. The summed E-state index contributed by atoms with van der Waals surface area (Å²) in [6.07, 6.45) is 11.4. The van der Waals surface area contributed by atoms with E-state index in [0.717, 1.165) is 44.9 Å². The third-order valence-corrected chi connectivity index (χ3v) is 10.0. The zero-order valence-corrected chi connectivity index (χ0v) is 23.2. The molecule has 1 aromatic rings. The minimum Gasteiger partial charge on any atom is -0.497 e. The normalized spacial score (nSPS) is 38.9. The fourth-order valence-electron chi connectivity index (χ4n) is 7.84. The molecule has 39 heavy (non-hydrogen) atoms. The third kappa shape index (κ3) is 4.45. The largest absolute Gasteiger partial charge is 0.497 e. The van der Waals surface area contributed by atoms with Crippen LogP contribution in [0.4, 0.5) is 5.69 Å². The molecule has 2 N–H and O–H groups in total. The molecule has 3 amide bonds. The standard InChI is InChI=1S/C31H41N3O5/c1-18-11-13-21(14-12-18)34-27(29(36)33-23-10-5-4-7-19(23)2)31-16-15-24(39-31)25(26(31)30(34)37)28(35)32-20-8-6-9-22(17-20)38-3/h6,8-9,15-19,21,23-27H,4-5,7,10-14H2,1-3H3,(H,32,35)(H,33,36)/t18?,19-,21?,23+,24+,25-,26+,27+,31+/m0/s1. The number of fused-ring (bicyclic) bond motifs is 1. The van der Waals surface area contributed by atoms with Crippen molar-refractivity contribution in [2.75, 3.05) is 12.4 Å². The number of anilines is 1. The van der Waals surface area contributed by atoms with Crippen molar-refractivity contribution in [2.24, 2.45) is 23.7 Å². The first-order valence-electron chi connectivity index (χ1n) is 14.8. The molecule has 8 nitrogen and oxygen atoms in total. The first-order chi connectivity index (χ1) is 18.8. The highest BCUT2D eigenvalue weighted by Gasteiger charge is 2.73. The highest BCUT2D eigenvalue weighted by molar-refractivity contribution is 6.03. The van der Waals surface area contributed by atoms with E-state index in [1.165, 1.54) is 6.42 Å². The van der Waals surface area contributed by atoms with Crippen molar-refractivity contribution in [1.82, 2.24) is 10.2 Å². The van der Waals surface area contributed by atoms with Crippen LogP contribution in [0.3, 0.4) is 0 Å². The van der Waals surface area contributed by atoms with Gasteiger partial charge in [0.1, 0.15) is 17.4 Å². The first kappa shape index (κ1) is 26.4. The van der Waals surface area contributed by atoms with E-state index >= 15 is 0 Å². The average Bonchev–Trinajstić information content (AvgIpc) is 3.58. The summed E-state index contributed by atoms with van der Waals surface area (Å²) >= 11 is 0. The second-order valence-electron chi connectivity index (χ2n) is 12.5. The Morgan fingerprint density at radius 2 is 1.82 bits per heavy atom. The molecule has 0 aromatic heterocycles. The van der Waals surface area contributed by atoms with Crippen molar-refractivity contribution >= 4 is 23.4 Å². The summed E-state index contributed by atoms with van der Waals surface area (Å²) in [6.45, 7) is 4.44. The summed E-state index contributed by atoms with van der Waals surface area (Å²) in [5.74, 6) is -0.308. The van der Waals surface area contributed by atoms with Crippen LogP contribution in [0.2, 0.25) is 0 Å². The van der Waals surface area contributed by atoms with Gasteiger partial charge in [-0.25, -0.2) is 0 Å². The van der Waals surface area contributed by atoms with E-state index in [2.05, 4.69) is 24.5 Å². The molecule has 0 radical (unpaired) electrons. The number of hydrogen-bond donors (Lipinski definition) is 2. The van der Waals surface area contributed by atoms with Crippen molar-refractivity contribution in [2.45, 2.75) is 95.0 Å². The fraction of sp³-hybridized carbons (Fsp3) is 0.645. The smallest absolute Gasteiger partial charge is 0.246 e. The molecule has 0 unspecified atom stereocenters. The molecule has 3 heterocycles. The van der Waals surface area contributed by atoms with Crippen molar-refractivity contribution in [3.63, 3.8) is 0 Å². The summed E-state index contributed by atoms with van der Waals surface area (Å²) in [4.78, 5) is 44.0. The van der Waals surface area contributed by atoms with Gasteiger partial charge in [-0.05, 0) is 62.5 Å². The van der Waals surface area contributed by atoms with E-state index in [-0.39, 0.29) is 29.8 Å². The lowest BCUT2D eigenvalue weighted by atomic mass is 9.74. The maximum atomic E-state index is 14.3. The molecule has 6 rings (SSSR count). The van der Waals surface area contributed by atoms with E-state index < -0.39 is 29.6 Å². The summed E-state index contributed by atoms with van der Waals surface area (Å²) in [5.41, 5.74) is -0.521. The van der Waals surface area contributed by atoms with Gasteiger partial charge in [0.15, 0.2) is 0 Å². The van der Waals surface area contributed by atoms with E-state index in [4.69, 9.17) is 9.47 Å². The Balaban J connectivity index is 1.31. The lowest BCUT2D eigenvalue weighted by Crippen LogP contribution is -2.59. The zero-order valence-electron chi connectivity index (χ0n) is 23.2. The van der Waals surface area contributed by atoms with Crippen molar-refractivity contribution in [3.05, 3.63) is 36.4 Å². The topological polar surface area (TPSA) is 97.0 Å². The summed E-state index contributed by atoms with van der Waals surface area (Å²) in [7, 11) is 1.58. The summed E-state index contributed by atoms with van der Waals surface area (Å²) in [5, 5.41) is 6.32. The highest BCUT2D eigenvalue weighted by Crippen LogP contribution is 2.56. The van der Waals surface area contributed by atoms with Crippen LogP contribution >= 0.6 is 0 Å². The van der Waals surface area contributed by atoms with Crippen LogP contribution < -0.4 is 15.4 Å². The van der Waals surface area contributed by atoms with Crippen LogP contribution in [0.1, 0.15) is 65.2 Å². The Hall–Kier alpha value is -2.87. The molecule has 5 aliphatic rings. The minimum atomic E-state index is -1.12. The summed E-state index contributed by atoms with van der Waals surface area (Å²) in [6, 6.07) is 6.49. The van der Waals surface area contributed by atoms with Gasteiger partial charge in [-0.3, -0.25) is 14.4 Å². The number of carbonyl (C=O) groups is 3.